The lowest BCUT2D eigenvalue weighted by molar-refractivity contribution is -0.180. The molecule has 7 nitrogen and oxygen atoms in total. The van der Waals surface area contributed by atoms with Crippen molar-refractivity contribution in [1.82, 2.24) is 0 Å². The third-order valence-electron chi connectivity index (χ3n) is 9.08. The van der Waals surface area contributed by atoms with Crippen molar-refractivity contribution in [2.75, 3.05) is 13.3 Å². The Morgan fingerprint density at radius 3 is 2.41 bits per heavy atom. The van der Waals surface area contributed by atoms with Gasteiger partial charge in [0.05, 0.1) is 12.8 Å². The summed E-state index contributed by atoms with van der Waals surface area (Å²) >= 11 is 0. The smallest absolute Gasteiger partial charge is 0.190 e. The summed E-state index contributed by atoms with van der Waals surface area (Å²) in [7, 11) is 0. The van der Waals surface area contributed by atoms with Crippen LogP contribution in [0.3, 0.4) is 0 Å². The molecular formula is C22H37NO6. The second kappa shape index (κ2) is 8.00. The van der Waals surface area contributed by atoms with Crippen molar-refractivity contribution in [2.24, 2.45) is 40.2 Å². The molecule has 0 aliphatic heterocycles. The largest absolute Gasteiger partial charge is 0.393 e. The van der Waals surface area contributed by atoms with Crippen LogP contribution in [0.15, 0.2) is 0 Å². The third-order valence-corrected chi connectivity index (χ3v) is 9.08. The predicted molar refractivity (Wildman–Crippen MR) is 106 cm³/mol. The van der Waals surface area contributed by atoms with Gasteiger partial charge in [-0.2, -0.15) is 0 Å². The van der Waals surface area contributed by atoms with Crippen LogP contribution < -0.4 is 5.73 Å². The molecule has 7 heteroatoms. The zero-order valence-electron chi connectivity index (χ0n) is 17.6. The molecule has 0 bridgehead atoms. The number of nitrogens with two attached hydrogens (primary N) is 1. The van der Waals surface area contributed by atoms with E-state index in [0.29, 0.717) is 12.3 Å². The molecule has 0 unspecified atom stereocenters. The maximum Gasteiger partial charge on any atom is 0.190 e. The second-order valence-electron chi connectivity index (χ2n) is 10.2. The fourth-order valence-electron chi connectivity index (χ4n) is 7.64. The predicted octanol–water partition coefficient (Wildman–Crippen LogP) is 0.756. The summed E-state index contributed by atoms with van der Waals surface area (Å²) in [6, 6.07) is 0. The van der Waals surface area contributed by atoms with Crippen LogP contribution in [0.25, 0.3) is 0 Å². The number of hydrogen-bond acceptors (Lipinski definition) is 7. The van der Waals surface area contributed by atoms with Gasteiger partial charge in [-0.05, 0) is 68.1 Å². The van der Waals surface area contributed by atoms with E-state index in [1.807, 2.05) is 6.92 Å². The average Bonchev–Trinajstić information content (AvgIpc) is 2.93. The van der Waals surface area contributed by atoms with Crippen molar-refractivity contribution in [3.8, 4) is 0 Å². The molecule has 4 saturated carbocycles. The van der Waals surface area contributed by atoms with Crippen LogP contribution in [-0.2, 0) is 9.59 Å². The number of rotatable bonds is 2. The Kier molecular flexibility index (Phi) is 6.30. The van der Waals surface area contributed by atoms with E-state index in [-0.39, 0.29) is 48.2 Å². The average molecular weight is 412 g/mol. The summed E-state index contributed by atoms with van der Waals surface area (Å²) in [6.07, 6.45) is 5.47. The van der Waals surface area contributed by atoms with Gasteiger partial charge in [-0.1, -0.05) is 13.8 Å². The van der Waals surface area contributed by atoms with Gasteiger partial charge in [0.1, 0.15) is 18.0 Å². The van der Waals surface area contributed by atoms with E-state index in [9.17, 15) is 24.9 Å². The van der Waals surface area contributed by atoms with Gasteiger partial charge >= 0.3 is 0 Å². The van der Waals surface area contributed by atoms with Crippen LogP contribution in [0.4, 0.5) is 0 Å². The van der Waals surface area contributed by atoms with E-state index in [1.54, 1.807) is 0 Å². The molecule has 0 aromatic carbocycles. The first-order valence-corrected chi connectivity index (χ1v) is 11.0. The van der Waals surface area contributed by atoms with E-state index in [2.05, 4.69) is 12.7 Å². The topological polar surface area (TPSA) is 141 Å². The molecule has 4 rings (SSSR count). The number of ketones is 2. The SMILES string of the molecule is C[C@]12CC[C@@H](O)C[C@H]1CC[C@@H]1[C@@H]2C(=O)C[C@@]2(C)[C@H]1CC[C@]2(O)C(=O)CO.NCO. The van der Waals surface area contributed by atoms with Crippen molar-refractivity contribution in [2.45, 2.75) is 76.9 Å². The lowest BCUT2D eigenvalue weighted by Crippen LogP contribution is -2.62. The lowest BCUT2D eigenvalue weighted by atomic mass is 9.44. The molecule has 8 atom stereocenters. The van der Waals surface area contributed by atoms with Crippen molar-refractivity contribution in [3.63, 3.8) is 0 Å². The van der Waals surface area contributed by atoms with Crippen LogP contribution in [0.2, 0.25) is 0 Å². The standard InChI is InChI=1S/C21H32O5.CH5NO/c1-19-7-5-13(23)9-12(19)3-4-14-15-6-8-21(26,17(25)11-22)20(15,2)10-16(24)18(14)19;2-1-3/h12-15,18,22-23,26H,3-11H2,1-2H3;3H,1-2H2/t12-,13-,14+,15+,18-,19+,20+,21+;/m1./s1. The van der Waals surface area contributed by atoms with Crippen LogP contribution in [0, 0.1) is 34.5 Å². The van der Waals surface area contributed by atoms with Gasteiger partial charge in [0.25, 0.3) is 0 Å². The van der Waals surface area contributed by atoms with E-state index in [1.165, 1.54) is 0 Å². The van der Waals surface area contributed by atoms with Gasteiger partial charge in [0.15, 0.2) is 5.78 Å². The quantitative estimate of drug-likeness (QED) is 0.422. The third kappa shape index (κ3) is 3.30. The Labute approximate surface area is 172 Å². The number of carbonyl (C=O) groups excluding carboxylic acids is 2. The highest BCUT2D eigenvalue weighted by molar-refractivity contribution is 5.92. The Bertz CT molecular complexity index is 655. The first-order valence-electron chi connectivity index (χ1n) is 11.0. The van der Waals surface area contributed by atoms with Gasteiger partial charge in [-0.3, -0.25) is 9.59 Å². The number of hydrogen-bond donors (Lipinski definition) is 5. The minimum Gasteiger partial charge on any atom is -0.393 e. The molecular weight excluding hydrogens is 374 g/mol. The van der Waals surface area contributed by atoms with Crippen molar-refractivity contribution in [1.29, 1.82) is 0 Å². The highest BCUT2D eigenvalue weighted by atomic mass is 16.3. The Hall–Kier alpha value is -0.860. The Balaban J connectivity index is 0.000000755. The van der Waals surface area contributed by atoms with E-state index in [0.717, 1.165) is 38.5 Å². The number of aliphatic hydroxyl groups is 4. The van der Waals surface area contributed by atoms with E-state index < -0.39 is 23.4 Å². The molecule has 29 heavy (non-hydrogen) atoms. The second-order valence-corrected chi connectivity index (χ2v) is 10.2. The van der Waals surface area contributed by atoms with Gasteiger partial charge in [-0.25, -0.2) is 0 Å². The molecule has 4 fully saturated rings. The molecule has 4 aliphatic carbocycles. The Morgan fingerprint density at radius 1 is 1.14 bits per heavy atom. The summed E-state index contributed by atoms with van der Waals surface area (Å²) in [6.45, 7) is 3.21. The summed E-state index contributed by atoms with van der Waals surface area (Å²) in [5, 5.41) is 38.0. The summed E-state index contributed by atoms with van der Waals surface area (Å²) in [5.74, 6) is 0.380. The van der Waals surface area contributed by atoms with E-state index in [4.69, 9.17) is 5.11 Å². The minimum absolute atomic E-state index is 0.0154. The van der Waals surface area contributed by atoms with Crippen molar-refractivity contribution < 1.29 is 30.0 Å². The molecule has 166 valence electrons. The van der Waals surface area contributed by atoms with Gasteiger partial charge in [0.2, 0.25) is 0 Å². The van der Waals surface area contributed by atoms with Gasteiger partial charge in [0, 0.05) is 17.8 Å². The maximum atomic E-state index is 13.4. The molecule has 0 saturated heterocycles. The summed E-state index contributed by atoms with van der Waals surface area (Å²) in [4.78, 5) is 25.7. The zero-order chi connectivity index (χ0) is 21.6. The molecule has 0 amide bonds. The van der Waals surface area contributed by atoms with Crippen LogP contribution >= 0.6 is 0 Å². The number of carbonyl (C=O) groups is 2. The van der Waals surface area contributed by atoms with Gasteiger partial charge in [-0.15, -0.1) is 0 Å². The van der Waals surface area contributed by atoms with Crippen LogP contribution in [0.5, 0.6) is 0 Å². The van der Waals surface area contributed by atoms with Crippen LogP contribution in [-0.4, -0.2) is 57.0 Å². The van der Waals surface area contributed by atoms with Gasteiger partial charge < -0.3 is 26.2 Å². The van der Waals surface area contributed by atoms with E-state index >= 15 is 0 Å². The summed E-state index contributed by atoms with van der Waals surface area (Å²) in [5.41, 5.74) is 2.00. The highest BCUT2D eigenvalue weighted by Gasteiger charge is 2.68. The molecule has 0 aromatic rings. The molecule has 0 aromatic heterocycles. The molecule has 0 radical (unpaired) electrons. The monoisotopic (exact) mass is 411 g/mol. The summed E-state index contributed by atoms with van der Waals surface area (Å²) < 4.78 is 0. The molecule has 0 heterocycles. The normalized spacial score (nSPS) is 48.7. The molecule has 4 aliphatic rings. The lowest BCUT2D eigenvalue weighted by Gasteiger charge is -2.60. The Morgan fingerprint density at radius 2 is 1.79 bits per heavy atom. The van der Waals surface area contributed by atoms with Crippen molar-refractivity contribution in [3.05, 3.63) is 0 Å². The minimum atomic E-state index is -1.58. The highest BCUT2D eigenvalue weighted by Crippen LogP contribution is 2.67. The number of fused-ring (bicyclic) bond motifs is 5. The number of Topliss-reactive ketones (excluding diaryl/α,β-unsaturated/α-hetero) is 2. The van der Waals surface area contributed by atoms with Crippen molar-refractivity contribution >= 4 is 11.6 Å². The first-order chi connectivity index (χ1) is 13.6. The molecule has 6 N–H and O–H groups in total. The first kappa shape index (κ1) is 22.8. The number of aliphatic hydroxyl groups excluding tert-OH is 3. The fourth-order valence-corrected chi connectivity index (χ4v) is 7.64. The maximum absolute atomic E-state index is 13.4. The van der Waals surface area contributed by atoms with Crippen LogP contribution in [0.1, 0.15) is 65.2 Å². The zero-order valence-corrected chi connectivity index (χ0v) is 17.6. The fraction of sp³-hybridized carbons (Fsp3) is 0.909. The molecule has 0 spiro atoms.